The van der Waals surface area contributed by atoms with Crippen molar-refractivity contribution in [3.8, 4) is 5.75 Å². The molecule has 0 spiro atoms. The number of amides is 2. The van der Waals surface area contributed by atoms with E-state index in [1.165, 1.54) is 12.0 Å². The Hall–Kier alpha value is -2.49. The quantitative estimate of drug-likeness (QED) is 0.414. The lowest BCUT2D eigenvalue weighted by molar-refractivity contribution is -0.140. The molecule has 0 fully saturated rings. The highest BCUT2D eigenvalue weighted by atomic mass is 35.5. The summed E-state index contributed by atoms with van der Waals surface area (Å²) >= 11 is 12.2. The number of anilines is 1. The molecule has 0 unspecified atom stereocenters. The number of nitrogens with zero attached hydrogens (tertiary/aromatic N) is 2. The topological polar surface area (TPSA) is 96.0 Å². The maximum absolute atomic E-state index is 13.7. The second-order valence-corrected chi connectivity index (χ2v) is 11.2. The van der Waals surface area contributed by atoms with Crippen LogP contribution in [0.25, 0.3) is 0 Å². The van der Waals surface area contributed by atoms with Gasteiger partial charge in [-0.2, -0.15) is 0 Å². The maximum Gasteiger partial charge on any atom is 0.244 e. The molecular formula is C25H33Cl2N3O5S. The number of carbonyl (C=O) groups excluding carboxylic acids is 2. The minimum absolute atomic E-state index is 0.0440. The van der Waals surface area contributed by atoms with E-state index < -0.39 is 28.5 Å². The van der Waals surface area contributed by atoms with Crippen molar-refractivity contribution in [1.29, 1.82) is 0 Å². The van der Waals surface area contributed by atoms with Gasteiger partial charge < -0.3 is 15.0 Å². The van der Waals surface area contributed by atoms with Gasteiger partial charge in [0.2, 0.25) is 21.8 Å². The number of ether oxygens (including phenoxy) is 1. The summed E-state index contributed by atoms with van der Waals surface area (Å²) in [6.45, 7) is 5.18. The minimum atomic E-state index is -3.82. The van der Waals surface area contributed by atoms with E-state index in [0.717, 1.165) is 17.0 Å². The molecule has 8 nitrogen and oxygen atoms in total. The average Bonchev–Trinajstić information content (AvgIpc) is 2.83. The molecule has 0 aromatic heterocycles. The van der Waals surface area contributed by atoms with Crippen molar-refractivity contribution in [3.05, 3.63) is 58.1 Å². The summed E-state index contributed by atoms with van der Waals surface area (Å²) in [7, 11) is -2.32. The first-order valence-corrected chi connectivity index (χ1v) is 14.2. The van der Waals surface area contributed by atoms with Crippen molar-refractivity contribution in [1.82, 2.24) is 10.2 Å². The monoisotopic (exact) mass is 557 g/mol. The largest absolute Gasteiger partial charge is 0.497 e. The van der Waals surface area contributed by atoms with E-state index in [4.69, 9.17) is 27.9 Å². The van der Waals surface area contributed by atoms with E-state index in [1.807, 2.05) is 13.8 Å². The number of benzene rings is 2. The maximum atomic E-state index is 13.7. The van der Waals surface area contributed by atoms with Crippen LogP contribution in [0.15, 0.2) is 42.5 Å². The lowest BCUT2D eigenvalue weighted by Crippen LogP contribution is -2.53. The van der Waals surface area contributed by atoms with Crippen LogP contribution in [-0.4, -0.2) is 57.1 Å². The van der Waals surface area contributed by atoms with Crippen LogP contribution in [0.4, 0.5) is 5.69 Å². The normalized spacial score (nSPS) is 13.0. The van der Waals surface area contributed by atoms with Gasteiger partial charge in [-0.05, 0) is 61.7 Å². The molecule has 198 valence electrons. The number of hydrogen-bond acceptors (Lipinski definition) is 5. The van der Waals surface area contributed by atoms with E-state index >= 15 is 0 Å². The number of hydrogen-bond donors (Lipinski definition) is 1. The van der Waals surface area contributed by atoms with E-state index in [0.29, 0.717) is 33.5 Å². The summed E-state index contributed by atoms with van der Waals surface area (Å²) in [6, 6.07) is 10.4. The molecule has 0 heterocycles. The molecular weight excluding hydrogens is 525 g/mol. The van der Waals surface area contributed by atoms with Crippen LogP contribution in [0.2, 0.25) is 10.0 Å². The van der Waals surface area contributed by atoms with Crippen LogP contribution >= 0.6 is 23.2 Å². The van der Waals surface area contributed by atoms with Crippen LogP contribution in [-0.2, 0) is 26.2 Å². The summed E-state index contributed by atoms with van der Waals surface area (Å²) in [5.41, 5.74) is 0.959. The van der Waals surface area contributed by atoms with E-state index in [1.54, 1.807) is 49.4 Å². The molecule has 0 bridgehead atoms. The minimum Gasteiger partial charge on any atom is -0.497 e. The Labute approximate surface area is 223 Å². The van der Waals surface area contributed by atoms with Gasteiger partial charge in [-0.3, -0.25) is 13.9 Å². The zero-order valence-electron chi connectivity index (χ0n) is 21.1. The first kappa shape index (κ1) is 29.7. The molecule has 36 heavy (non-hydrogen) atoms. The summed E-state index contributed by atoms with van der Waals surface area (Å²) in [5, 5.41) is 3.60. The van der Waals surface area contributed by atoms with E-state index in [9.17, 15) is 18.0 Å². The van der Waals surface area contributed by atoms with Gasteiger partial charge in [-0.15, -0.1) is 0 Å². The molecule has 2 atom stereocenters. The van der Waals surface area contributed by atoms with Gasteiger partial charge in [-0.25, -0.2) is 8.42 Å². The van der Waals surface area contributed by atoms with Gasteiger partial charge in [0, 0.05) is 12.6 Å². The molecule has 0 aliphatic carbocycles. The summed E-state index contributed by atoms with van der Waals surface area (Å²) < 4.78 is 31.5. The Morgan fingerprint density at radius 2 is 1.67 bits per heavy atom. The zero-order valence-corrected chi connectivity index (χ0v) is 23.5. The molecule has 0 aliphatic rings. The number of halogens is 2. The van der Waals surface area contributed by atoms with Crippen LogP contribution in [0.5, 0.6) is 5.75 Å². The van der Waals surface area contributed by atoms with Crippen LogP contribution in [0.3, 0.4) is 0 Å². The fourth-order valence-corrected chi connectivity index (χ4v) is 4.73. The smallest absolute Gasteiger partial charge is 0.244 e. The number of nitrogens with one attached hydrogen (secondary N) is 1. The first-order valence-electron chi connectivity index (χ1n) is 11.6. The first-order chi connectivity index (χ1) is 16.9. The van der Waals surface area contributed by atoms with Crippen molar-refractivity contribution in [3.63, 3.8) is 0 Å². The number of rotatable bonds is 12. The van der Waals surface area contributed by atoms with E-state index in [2.05, 4.69) is 5.32 Å². The Balaban J connectivity index is 2.45. The Bertz CT molecular complexity index is 1160. The van der Waals surface area contributed by atoms with Crippen molar-refractivity contribution in [2.45, 2.75) is 52.2 Å². The van der Waals surface area contributed by atoms with E-state index in [-0.39, 0.29) is 18.5 Å². The van der Waals surface area contributed by atoms with Crippen molar-refractivity contribution < 1.29 is 22.7 Å². The third-order valence-electron chi connectivity index (χ3n) is 5.76. The van der Waals surface area contributed by atoms with Gasteiger partial charge in [0.1, 0.15) is 18.3 Å². The predicted molar refractivity (Wildman–Crippen MR) is 144 cm³/mol. The highest BCUT2D eigenvalue weighted by molar-refractivity contribution is 7.92. The number of sulfonamides is 1. The highest BCUT2D eigenvalue weighted by Gasteiger charge is 2.32. The molecule has 2 rings (SSSR count). The summed E-state index contributed by atoms with van der Waals surface area (Å²) in [6.07, 6.45) is 2.08. The fraction of sp³-hybridized carbons (Fsp3) is 0.440. The molecule has 0 radical (unpaired) electrons. The number of methoxy groups -OCH3 is 1. The third kappa shape index (κ3) is 8.01. The van der Waals surface area contributed by atoms with Crippen molar-refractivity contribution >= 4 is 50.7 Å². The standard InChI is InChI=1S/C25H33Cl2N3O5S/c1-6-17(3)28-25(32)23(7-2)29(15-18-8-13-21(26)22(27)14-18)24(31)16-30(36(5,33)34)19-9-11-20(35-4)12-10-19/h8-14,17,23H,6-7,15-16H2,1-5H3,(H,28,32)/t17-,23+/m1/s1. The van der Waals surface area contributed by atoms with Gasteiger partial charge in [0.15, 0.2) is 0 Å². The van der Waals surface area contributed by atoms with Crippen LogP contribution in [0, 0.1) is 0 Å². The lowest BCUT2D eigenvalue weighted by atomic mass is 10.1. The van der Waals surface area contributed by atoms with Gasteiger partial charge in [-0.1, -0.05) is 43.1 Å². The molecule has 2 amide bonds. The lowest BCUT2D eigenvalue weighted by Gasteiger charge is -2.33. The molecule has 2 aromatic rings. The van der Waals surface area contributed by atoms with Crippen molar-refractivity contribution in [2.75, 3.05) is 24.2 Å². The Kier molecular flexibility index (Phi) is 10.9. The van der Waals surface area contributed by atoms with Crippen LogP contribution < -0.4 is 14.4 Å². The van der Waals surface area contributed by atoms with Crippen molar-refractivity contribution in [2.24, 2.45) is 0 Å². The Morgan fingerprint density at radius 1 is 1.03 bits per heavy atom. The zero-order chi connectivity index (χ0) is 27.0. The number of carbonyl (C=O) groups is 2. The highest BCUT2D eigenvalue weighted by Crippen LogP contribution is 2.25. The van der Waals surface area contributed by atoms with Gasteiger partial charge in [0.05, 0.1) is 29.1 Å². The molecule has 0 saturated heterocycles. The van der Waals surface area contributed by atoms with Gasteiger partial charge in [0.25, 0.3) is 0 Å². The second kappa shape index (κ2) is 13.2. The average molecular weight is 559 g/mol. The Morgan fingerprint density at radius 3 is 2.17 bits per heavy atom. The third-order valence-corrected chi connectivity index (χ3v) is 7.64. The molecule has 11 heteroatoms. The molecule has 1 N–H and O–H groups in total. The second-order valence-electron chi connectivity index (χ2n) is 8.48. The van der Waals surface area contributed by atoms with Crippen LogP contribution in [0.1, 0.15) is 39.2 Å². The summed E-state index contributed by atoms with van der Waals surface area (Å²) in [4.78, 5) is 28.2. The predicted octanol–water partition coefficient (Wildman–Crippen LogP) is 4.49. The fourth-order valence-electron chi connectivity index (χ4n) is 3.56. The summed E-state index contributed by atoms with van der Waals surface area (Å²) in [5.74, 6) is -0.295. The van der Waals surface area contributed by atoms with Gasteiger partial charge >= 0.3 is 0 Å². The molecule has 0 aliphatic heterocycles. The molecule has 2 aromatic carbocycles. The SMILES string of the molecule is CC[C@@H](C)NC(=O)[C@H](CC)N(Cc1ccc(Cl)c(Cl)c1)C(=O)CN(c1ccc(OC)cc1)S(C)(=O)=O. The molecule has 0 saturated carbocycles.